The molecule has 1 aromatic carbocycles. The van der Waals surface area contributed by atoms with E-state index in [1.54, 1.807) is 7.05 Å². The van der Waals surface area contributed by atoms with E-state index in [1.807, 2.05) is 12.1 Å². The maximum absolute atomic E-state index is 12.4. The maximum Gasteiger partial charge on any atom is 0.265 e. The average molecular weight is 386 g/mol. The first kappa shape index (κ1) is 17.5. The van der Waals surface area contributed by atoms with Gasteiger partial charge in [0.1, 0.15) is 10.1 Å². The van der Waals surface area contributed by atoms with Crippen LogP contribution in [0.2, 0.25) is 0 Å². The van der Waals surface area contributed by atoms with Crippen molar-refractivity contribution in [2.24, 2.45) is 0 Å². The quantitative estimate of drug-likeness (QED) is 0.584. The summed E-state index contributed by atoms with van der Waals surface area (Å²) in [5.41, 5.74) is 3.08. The minimum atomic E-state index is -0.0581. The third-order valence-electron chi connectivity index (χ3n) is 4.64. The van der Waals surface area contributed by atoms with Gasteiger partial charge in [-0.05, 0) is 24.6 Å². The molecule has 0 saturated carbocycles. The van der Waals surface area contributed by atoms with Crippen molar-refractivity contribution in [1.82, 2.24) is 9.88 Å². The van der Waals surface area contributed by atoms with Gasteiger partial charge in [0, 0.05) is 31.1 Å². The van der Waals surface area contributed by atoms with Gasteiger partial charge in [-0.25, -0.2) is 4.98 Å². The zero-order valence-corrected chi connectivity index (χ0v) is 16.3. The van der Waals surface area contributed by atoms with E-state index in [9.17, 15) is 4.79 Å². The molecule has 2 aliphatic rings. The highest BCUT2D eigenvalue weighted by Crippen LogP contribution is 2.34. The number of hydrogen-bond acceptors (Lipinski definition) is 6. The lowest BCUT2D eigenvalue weighted by atomic mass is 10.1. The number of carbonyl (C=O) groups excluding carboxylic acids is 1. The number of amides is 1. The fraction of sp³-hybridized carbons (Fsp3) is 0.316. The highest BCUT2D eigenvalue weighted by atomic mass is 32.2. The number of carbonyl (C=O) groups is 1. The average Bonchev–Trinajstić information content (AvgIpc) is 2.89. The molecular weight excluding hydrogens is 366 g/mol. The summed E-state index contributed by atoms with van der Waals surface area (Å²) in [4.78, 5) is 21.8. The predicted molar refractivity (Wildman–Crippen MR) is 110 cm³/mol. The van der Waals surface area contributed by atoms with Crippen LogP contribution in [-0.4, -0.2) is 53.5 Å². The van der Waals surface area contributed by atoms with Crippen LogP contribution in [0.4, 0.5) is 5.82 Å². The van der Waals surface area contributed by atoms with Gasteiger partial charge in [0.25, 0.3) is 5.91 Å². The van der Waals surface area contributed by atoms with Gasteiger partial charge in [-0.15, -0.1) is 0 Å². The van der Waals surface area contributed by atoms with Crippen molar-refractivity contribution in [3.05, 3.63) is 40.3 Å². The largest absolute Gasteiger partial charge is 0.378 e. The fourth-order valence-electron chi connectivity index (χ4n) is 3.17. The van der Waals surface area contributed by atoms with Crippen LogP contribution in [0, 0.1) is 6.92 Å². The van der Waals surface area contributed by atoms with Gasteiger partial charge in [-0.1, -0.05) is 42.2 Å². The van der Waals surface area contributed by atoms with Crippen molar-refractivity contribution >= 4 is 57.0 Å². The number of nitrogens with zero attached hydrogens (tertiary/aromatic N) is 3. The molecule has 2 aliphatic heterocycles. The lowest BCUT2D eigenvalue weighted by Gasteiger charge is -2.29. The molecule has 2 fully saturated rings. The van der Waals surface area contributed by atoms with Crippen molar-refractivity contribution in [2.45, 2.75) is 6.92 Å². The number of fused-ring (bicyclic) bond motifs is 1. The standard InChI is InChI=1S/C19H19N3O2S2/c1-12-4-3-5-13-10-14(11-15-18(23)21(2)19(25)26-15)17(20-16(12)13)22-6-8-24-9-7-22/h3-5,10-11H,6-9H2,1-2H3/b15-11-. The minimum Gasteiger partial charge on any atom is -0.378 e. The van der Waals surface area contributed by atoms with Crippen LogP contribution >= 0.6 is 24.0 Å². The van der Waals surface area contributed by atoms with Crippen molar-refractivity contribution in [3.8, 4) is 0 Å². The Kier molecular flexibility index (Phi) is 4.69. The number of rotatable bonds is 2. The number of thiocarbonyl (C=S) groups is 1. The Morgan fingerprint density at radius 3 is 2.77 bits per heavy atom. The first-order chi connectivity index (χ1) is 12.5. The first-order valence-electron chi connectivity index (χ1n) is 8.49. The first-order valence-corrected chi connectivity index (χ1v) is 9.72. The van der Waals surface area contributed by atoms with Gasteiger partial charge in [0.2, 0.25) is 0 Å². The summed E-state index contributed by atoms with van der Waals surface area (Å²) in [7, 11) is 1.71. The normalized spacial score (nSPS) is 19.8. The number of pyridine rings is 1. The molecule has 4 rings (SSSR count). The molecule has 3 heterocycles. The van der Waals surface area contributed by atoms with Crippen molar-refractivity contribution in [1.29, 1.82) is 0 Å². The Balaban J connectivity index is 1.86. The monoisotopic (exact) mass is 385 g/mol. The summed E-state index contributed by atoms with van der Waals surface area (Å²) in [6, 6.07) is 8.27. The highest BCUT2D eigenvalue weighted by Gasteiger charge is 2.29. The number of hydrogen-bond donors (Lipinski definition) is 0. The SMILES string of the molecule is Cc1cccc2cc(/C=C3\SC(=S)N(C)C3=O)c(N3CCOCC3)nc12. The number of anilines is 1. The number of thioether (sulfide) groups is 1. The zero-order chi connectivity index (χ0) is 18.3. The molecule has 2 saturated heterocycles. The summed E-state index contributed by atoms with van der Waals surface area (Å²) in [5, 5.41) is 1.07. The third kappa shape index (κ3) is 3.11. The molecule has 0 N–H and O–H groups in total. The molecule has 0 unspecified atom stereocenters. The van der Waals surface area contributed by atoms with Crippen LogP contribution in [0.5, 0.6) is 0 Å². The molecular formula is C19H19N3O2S2. The summed E-state index contributed by atoms with van der Waals surface area (Å²) in [6.45, 7) is 5.02. The van der Waals surface area contributed by atoms with E-state index >= 15 is 0 Å². The molecule has 0 radical (unpaired) electrons. The van der Waals surface area contributed by atoms with Gasteiger partial charge in [-0.2, -0.15) is 0 Å². The van der Waals surface area contributed by atoms with Gasteiger partial charge >= 0.3 is 0 Å². The lowest BCUT2D eigenvalue weighted by Crippen LogP contribution is -2.37. The lowest BCUT2D eigenvalue weighted by molar-refractivity contribution is -0.121. The van der Waals surface area contributed by atoms with Gasteiger partial charge in [0.15, 0.2) is 0 Å². The van der Waals surface area contributed by atoms with Gasteiger partial charge in [-0.3, -0.25) is 9.69 Å². The Hall–Kier alpha value is -1.96. The maximum atomic E-state index is 12.4. The molecule has 2 aromatic rings. The Morgan fingerprint density at radius 2 is 2.08 bits per heavy atom. The molecule has 0 bridgehead atoms. The van der Waals surface area contributed by atoms with E-state index < -0.39 is 0 Å². The summed E-state index contributed by atoms with van der Waals surface area (Å²) >= 11 is 6.59. The van der Waals surface area contributed by atoms with Crippen LogP contribution < -0.4 is 4.90 Å². The smallest absolute Gasteiger partial charge is 0.265 e. The topological polar surface area (TPSA) is 45.7 Å². The van der Waals surface area contributed by atoms with E-state index in [4.69, 9.17) is 21.9 Å². The van der Waals surface area contributed by atoms with Crippen LogP contribution in [0.1, 0.15) is 11.1 Å². The molecule has 26 heavy (non-hydrogen) atoms. The van der Waals surface area contributed by atoms with Gasteiger partial charge in [0.05, 0.1) is 23.6 Å². The number of likely N-dealkylation sites (N-methyl/N-ethyl adjacent to an activating group) is 1. The molecule has 0 aliphatic carbocycles. The second-order valence-electron chi connectivity index (χ2n) is 6.39. The third-order valence-corrected chi connectivity index (χ3v) is 6.12. The molecule has 5 nitrogen and oxygen atoms in total. The number of aryl methyl sites for hydroxylation is 1. The number of morpholine rings is 1. The van der Waals surface area contributed by atoms with Crippen LogP contribution in [0.3, 0.4) is 0 Å². The van der Waals surface area contributed by atoms with E-state index in [-0.39, 0.29) is 5.91 Å². The molecule has 1 amide bonds. The van der Waals surface area contributed by atoms with E-state index in [2.05, 4.69) is 30.0 Å². The van der Waals surface area contributed by atoms with Crippen LogP contribution in [0.25, 0.3) is 17.0 Å². The second-order valence-corrected chi connectivity index (χ2v) is 8.06. The van der Waals surface area contributed by atoms with E-state index in [1.165, 1.54) is 16.7 Å². The Bertz CT molecular complexity index is 936. The van der Waals surface area contributed by atoms with E-state index in [0.717, 1.165) is 40.9 Å². The van der Waals surface area contributed by atoms with Crippen molar-refractivity contribution in [3.63, 3.8) is 0 Å². The molecule has 134 valence electrons. The minimum absolute atomic E-state index is 0.0581. The molecule has 0 spiro atoms. The number of para-hydroxylation sites is 1. The van der Waals surface area contributed by atoms with Crippen molar-refractivity contribution in [2.75, 3.05) is 38.3 Å². The van der Waals surface area contributed by atoms with Crippen LogP contribution in [-0.2, 0) is 9.53 Å². The summed E-state index contributed by atoms with van der Waals surface area (Å²) in [6.07, 6.45) is 1.92. The number of benzene rings is 1. The van der Waals surface area contributed by atoms with E-state index in [0.29, 0.717) is 22.4 Å². The molecule has 7 heteroatoms. The second kappa shape index (κ2) is 6.98. The molecule has 0 atom stereocenters. The molecule has 1 aromatic heterocycles. The number of ether oxygens (including phenoxy) is 1. The van der Waals surface area contributed by atoms with Crippen LogP contribution in [0.15, 0.2) is 29.2 Å². The van der Waals surface area contributed by atoms with Crippen molar-refractivity contribution < 1.29 is 9.53 Å². The van der Waals surface area contributed by atoms with Gasteiger partial charge < -0.3 is 9.64 Å². The fourth-order valence-corrected chi connectivity index (χ4v) is 4.35. The number of aromatic nitrogens is 1. The Labute approximate surface area is 162 Å². The summed E-state index contributed by atoms with van der Waals surface area (Å²) in [5.74, 6) is 0.841. The summed E-state index contributed by atoms with van der Waals surface area (Å²) < 4.78 is 6.07. The Morgan fingerprint density at radius 1 is 1.31 bits per heavy atom. The highest BCUT2D eigenvalue weighted by molar-refractivity contribution is 8.26. The zero-order valence-electron chi connectivity index (χ0n) is 14.7. The predicted octanol–water partition coefficient (Wildman–Crippen LogP) is 3.21.